The largest absolute Gasteiger partial charge is 0.308 e. The lowest BCUT2D eigenvalue weighted by Gasteiger charge is -1.97. The number of fused-ring (bicyclic) bond motifs is 1. The summed E-state index contributed by atoms with van der Waals surface area (Å²) in [6.07, 6.45) is 0. The van der Waals surface area contributed by atoms with Crippen LogP contribution in [-0.4, -0.2) is 17.5 Å². The molecule has 0 aromatic heterocycles. The second-order valence-electron chi connectivity index (χ2n) is 2.99. The predicted molar refractivity (Wildman–Crippen MR) is 51.7 cm³/mol. The minimum Gasteiger partial charge on any atom is -0.308 e. The first-order chi connectivity index (χ1) is 6.68. The number of benzene rings is 1. The maximum Gasteiger partial charge on any atom is 0.230 e. The maximum absolute atomic E-state index is 11.6. The van der Waals surface area contributed by atoms with Gasteiger partial charge in [0.15, 0.2) is 5.84 Å². The molecule has 0 fully saturated rings. The number of aliphatic imine (C=N–C) groups is 1. The zero-order chi connectivity index (χ0) is 10.1. The average molecular weight is 188 g/mol. The molecule has 1 aromatic rings. The highest BCUT2D eigenvalue weighted by Gasteiger charge is 2.24. The first kappa shape index (κ1) is 8.62. The van der Waals surface area contributed by atoms with E-state index < -0.39 is 0 Å². The highest BCUT2D eigenvalue weighted by Crippen LogP contribution is 2.24. The zero-order valence-electron chi connectivity index (χ0n) is 7.57. The fourth-order valence-corrected chi connectivity index (χ4v) is 1.31. The quantitative estimate of drug-likeness (QED) is 0.661. The Morgan fingerprint density at radius 2 is 2.07 bits per heavy atom. The smallest absolute Gasteiger partial charge is 0.230 e. The predicted octanol–water partition coefficient (Wildman–Crippen LogP) is 1.05. The van der Waals surface area contributed by atoms with Gasteiger partial charge in [-0.05, 0) is 12.1 Å². The van der Waals surface area contributed by atoms with Crippen molar-refractivity contribution >= 4 is 23.2 Å². The molecule has 2 rings (SSSR count). The van der Waals surface area contributed by atoms with Crippen LogP contribution < -0.4 is 5.32 Å². The van der Waals surface area contributed by atoms with Crippen LogP contribution in [0.3, 0.4) is 0 Å². The minimum absolute atomic E-state index is 0.110. The number of carbonyl (C=O) groups excluding carboxylic acids is 2. The van der Waals surface area contributed by atoms with Gasteiger partial charge in [-0.1, -0.05) is 12.1 Å². The molecule has 0 atom stereocenters. The van der Waals surface area contributed by atoms with Crippen LogP contribution in [0.25, 0.3) is 0 Å². The number of ketones is 1. The summed E-state index contributed by atoms with van der Waals surface area (Å²) in [5.74, 6) is -0.403. The number of para-hydroxylation sites is 1. The third-order valence-electron chi connectivity index (χ3n) is 1.89. The molecule has 1 heterocycles. The Balaban J connectivity index is 2.37. The molecular weight excluding hydrogens is 180 g/mol. The van der Waals surface area contributed by atoms with Crippen LogP contribution in [0.2, 0.25) is 0 Å². The van der Waals surface area contributed by atoms with E-state index >= 15 is 0 Å². The van der Waals surface area contributed by atoms with Gasteiger partial charge in [0.1, 0.15) is 0 Å². The molecular formula is C10H8N2O2. The first-order valence-corrected chi connectivity index (χ1v) is 4.18. The number of amides is 1. The standard InChI is InChI=1S/C10H8N2O2/c1-6(13)11-10-9(14)7-4-2-3-5-8(7)12-10/h2-5H,1H3,(H,11,12,13,14). The van der Waals surface area contributed by atoms with E-state index in [2.05, 4.69) is 10.3 Å². The van der Waals surface area contributed by atoms with Gasteiger partial charge in [-0.3, -0.25) is 9.59 Å². The van der Waals surface area contributed by atoms with Crippen LogP contribution in [0.1, 0.15) is 17.3 Å². The molecule has 14 heavy (non-hydrogen) atoms. The topological polar surface area (TPSA) is 58.5 Å². The molecule has 1 aromatic carbocycles. The summed E-state index contributed by atoms with van der Waals surface area (Å²) >= 11 is 0. The van der Waals surface area contributed by atoms with E-state index in [1.165, 1.54) is 6.92 Å². The molecule has 4 heteroatoms. The molecule has 0 unspecified atom stereocenters. The van der Waals surface area contributed by atoms with Gasteiger partial charge in [0.2, 0.25) is 11.7 Å². The summed E-state index contributed by atoms with van der Waals surface area (Å²) in [7, 11) is 0. The fraction of sp³-hybridized carbons (Fsp3) is 0.100. The Labute approximate surface area is 80.7 Å². The second kappa shape index (κ2) is 3.06. The molecule has 0 radical (unpaired) electrons. The van der Waals surface area contributed by atoms with Crippen molar-refractivity contribution in [3.05, 3.63) is 29.8 Å². The van der Waals surface area contributed by atoms with Crippen LogP contribution in [0.5, 0.6) is 0 Å². The zero-order valence-corrected chi connectivity index (χ0v) is 7.57. The van der Waals surface area contributed by atoms with Gasteiger partial charge in [0, 0.05) is 6.92 Å². The van der Waals surface area contributed by atoms with Gasteiger partial charge in [-0.25, -0.2) is 4.99 Å². The average Bonchev–Trinajstić information content (AvgIpc) is 2.44. The molecule has 0 spiro atoms. The van der Waals surface area contributed by atoms with Crippen LogP contribution >= 0.6 is 0 Å². The van der Waals surface area contributed by atoms with Crippen molar-refractivity contribution in [1.29, 1.82) is 0 Å². The van der Waals surface area contributed by atoms with E-state index in [0.717, 1.165) is 0 Å². The number of Topliss-reactive ketones (excluding diaryl/α,β-unsaturated/α-hetero) is 1. The summed E-state index contributed by atoms with van der Waals surface area (Å²) in [4.78, 5) is 26.3. The SMILES string of the molecule is CC(=O)NC1=Nc2ccccc2C1=O. The first-order valence-electron chi connectivity index (χ1n) is 4.18. The van der Waals surface area contributed by atoms with Gasteiger partial charge in [0.25, 0.3) is 0 Å². The Morgan fingerprint density at radius 3 is 2.71 bits per heavy atom. The van der Waals surface area contributed by atoms with Gasteiger partial charge >= 0.3 is 0 Å². The normalized spacial score (nSPS) is 13.5. The molecule has 4 nitrogen and oxygen atoms in total. The number of nitrogens with zero attached hydrogens (tertiary/aromatic N) is 1. The summed E-state index contributed by atoms with van der Waals surface area (Å²) in [6, 6.07) is 6.99. The van der Waals surface area contributed by atoms with Crippen molar-refractivity contribution in [2.75, 3.05) is 0 Å². The van der Waals surface area contributed by atoms with Crippen molar-refractivity contribution in [2.24, 2.45) is 4.99 Å². The monoisotopic (exact) mass is 188 g/mol. The molecule has 1 amide bonds. The van der Waals surface area contributed by atoms with Crippen molar-refractivity contribution in [3.63, 3.8) is 0 Å². The Bertz CT molecular complexity index is 449. The fourth-order valence-electron chi connectivity index (χ4n) is 1.31. The van der Waals surface area contributed by atoms with Crippen molar-refractivity contribution in [2.45, 2.75) is 6.92 Å². The van der Waals surface area contributed by atoms with E-state index in [1.54, 1.807) is 24.3 Å². The summed E-state index contributed by atoms with van der Waals surface area (Å²) in [5.41, 5.74) is 1.15. The highest BCUT2D eigenvalue weighted by atomic mass is 16.2. The van der Waals surface area contributed by atoms with E-state index in [4.69, 9.17) is 0 Å². The lowest BCUT2D eigenvalue weighted by atomic mass is 10.1. The number of nitrogens with one attached hydrogen (secondary N) is 1. The van der Waals surface area contributed by atoms with Crippen LogP contribution in [0, 0.1) is 0 Å². The summed E-state index contributed by atoms with van der Waals surface area (Å²) in [5, 5.41) is 2.40. The van der Waals surface area contributed by atoms with Gasteiger partial charge in [0.05, 0.1) is 11.3 Å². The third-order valence-corrected chi connectivity index (χ3v) is 1.89. The van der Waals surface area contributed by atoms with Crippen molar-refractivity contribution in [1.82, 2.24) is 5.32 Å². The molecule has 1 aliphatic rings. The molecule has 0 aliphatic carbocycles. The number of rotatable bonds is 0. The van der Waals surface area contributed by atoms with Crippen LogP contribution in [0.4, 0.5) is 5.69 Å². The molecule has 1 aliphatic heterocycles. The van der Waals surface area contributed by atoms with Crippen molar-refractivity contribution in [3.8, 4) is 0 Å². The lowest BCUT2D eigenvalue weighted by molar-refractivity contribution is -0.117. The van der Waals surface area contributed by atoms with Gasteiger partial charge in [-0.2, -0.15) is 0 Å². The summed E-state index contributed by atoms with van der Waals surface area (Å²) < 4.78 is 0. The van der Waals surface area contributed by atoms with E-state index in [1.807, 2.05) is 0 Å². The Hall–Kier alpha value is -1.97. The molecule has 1 N–H and O–H groups in total. The molecule has 0 saturated heterocycles. The number of hydrogen-bond donors (Lipinski definition) is 1. The molecule has 70 valence electrons. The van der Waals surface area contributed by atoms with E-state index in [9.17, 15) is 9.59 Å². The Kier molecular flexibility index (Phi) is 1.89. The molecule has 0 saturated carbocycles. The maximum atomic E-state index is 11.6. The third kappa shape index (κ3) is 1.31. The lowest BCUT2D eigenvalue weighted by Crippen LogP contribution is -2.32. The second-order valence-corrected chi connectivity index (χ2v) is 2.99. The van der Waals surface area contributed by atoms with Gasteiger partial charge < -0.3 is 5.32 Å². The van der Waals surface area contributed by atoms with E-state index in [-0.39, 0.29) is 17.5 Å². The van der Waals surface area contributed by atoms with Crippen LogP contribution in [-0.2, 0) is 4.79 Å². The number of amidine groups is 1. The minimum atomic E-state index is -0.287. The number of hydrogen-bond acceptors (Lipinski definition) is 3. The molecule has 0 bridgehead atoms. The number of carbonyl (C=O) groups is 2. The Morgan fingerprint density at radius 1 is 1.36 bits per heavy atom. The summed E-state index contributed by atoms with van der Waals surface area (Å²) in [6.45, 7) is 1.35. The highest BCUT2D eigenvalue weighted by molar-refractivity contribution is 6.50. The van der Waals surface area contributed by atoms with Crippen LogP contribution in [0.15, 0.2) is 29.3 Å². The van der Waals surface area contributed by atoms with E-state index in [0.29, 0.717) is 11.3 Å². The van der Waals surface area contributed by atoms with Gasteiger partial charge in [-0.15, -0.1) is 0 Å². The van der Waals surface area contributed by atoms with Crippen molar-refractivity contribution < 1.29 is 9.59 Å².